The number of nitrogens with zero attached hydrogens (tertiary/aromatic N) is 4. The number of methoxy groups -OCH3 is 2. The van der Waals surface area contributed by atoms with Crippen LogP contribution in [-0.4, -0.2) is 56.2 Å². The molecular weight excluding hydrogens is 420 g/mol. The summed E-state index contributed by atoms with van der Waals surface area (Å²) in [5.41, 5.74) is 1.81. The summed E-state index contributed by atoms with van der Waals surface area (Å²) in [5.74, 6) is 2.25. The van der Waals surface area contributed by atoms with E-state index in [9.17, 15) is 10.1 Å². The lowest BCUT2D eigenvalue weighted by molar-refractivity contribution is 0.0745. The second-order valence-electron chi connectivity index (χ2n) is 7.43. The number of hydrogen-bond acceptors (Lipinski definition) is 7. The van der Waals surface area contributed by atoms with Crippen LogP contribution in [0.2, 0.25) is 0 Å². The van der Waals surface area contributed by atoms with E-state index in [1.54, 1.807) is 49.5 Å². The summed E-state index contributed by atoms with van der Waals surface area (Å²) < 4.78 is 16.2. The second-order valence-corrected chi connectivity index (χ2v) is 7.43. The summed E-state index contributed by atoms with van der Waals surface area (Å²) in [7, 11) is 3.21. The Morgan fingerprint density at radius 1 is 0.970 bits per heavy atom. The van der Waals surface area contributed by atoms with Gasteiger partial charge in [-0.3, -0.25) is 4.79 Å². The number of hydrogen-bond donors (Lipinski definition) is 0. The maximum Gasteiger partial charge on any atom is 0.253 e. The van der Waals surface area contributed by atoms with Crippen molar-refractivity contribution in [3.05, 3.63) is 71.2 Å². The summed E-state index contributed by atoms with van der Waals surface area (Å²) in [6.45, 7) is 2.14. The number of nitriles is 1. The molecule has 33 heavy (non-hydrogen) atoms. The highest BCUT2D eigenvalue weighted by Crippen LogP contribution is 2.25. The van der Waals surface area contributed by atoms with Crippen molar-refractivity contribution in [2.45, 2.75) is 0 Å². The highest BCUT2D eigenvalue weighted by molar-refractivity contribution is 5.94. The Kier molecular flexibility index (Phi) is 6.60. The Morgan fingerprint density at radius 3 is 2.15 bits per heavy atom. The molecule has 1 aromatic heterocycles. The zero-order valence-electron chi connectivity index (χ0n) is 18.5. The Hall–Kier alpha value is -4.25. The molecule has 0 radical (unpaired) electrons. The van der Waals surface area contributed by atoms with Gasteiger partial charge >= 0.3 is 0 Å². The zero-order valence-corrected chi connectivity index (χ0v) is 18.5. The lowest BCUT2D eigenvalue weighted by Gasteiger charge is -2.34. The zero-order chi connectivity index (χ0) is 23.2. The van der Waals surface area contributed by atoms with Gasteiger partial charge in [-0.05, 0) is 48.0 Å². The molecule has 0 saturated carbocycles. The van der Waals surface area contributed by atoms with E-state index in [4.69, 9.17) is 13.9 Å². The predicted molar refractivity (Wildman–Crippen MR) is 124 cm³/mol. The highest BCUT2D eigenvalue weighted by Gasteiger charge is 2.26. The predicted octanol–water partition coefficient (Wildman–Crippen LogP) is 3.70. The number of piperazine rings is 1. The minimum Gasteiger partial charge on any atom is -0.497 e. The van der Waals surface area contributed by atoms with E-state index < -0.39 is 0 Å². The van der Waals surface area contributed by atoms with Crippen LogP contribution in [-0.2, 0) is 0 Å². The molecule has 1 aliphatic heterocycles. The van der Waals surface area contributed by atoms with Crippen molar-refractivity contribution in [1.82, 2.24) is 9.88 Å². The van der Waals surface area contributed by atoms with E-state index >= 15 is 0 Å². The number of anilines is 1. The molecule has 3 aromatic rings. The largest absolute Gasteiger partial charge is 0.497 e. The van der Waals surface area contributed by atoms with E-state index in [0.717, 1.165) is 11.3 Å². The summed E-state index contributed by atoms with van der Waals surface area (Å²) in [5, 5.41) is 9.53. The molecule has 0 N–H and O–H groups in total. The number of benzene rings is 2. The number of carbonyl (C=O) groups is 1. The van der Waals surface area contributed by atoms with Crippen LogP contribution in [0.5, 0.6) is 11.5 Å². The number of carbonyl (C=O) groups excluding carboxylic acids is 1. The molecule has 0 unspecified atom stereocenters. The van der Waals surface area contributed by atoms with Crippen LogP contribution in [0.3, 0.4) is 0 Å². The van der Waals surface area contributed by atoms with Crippen molar-refractivity contribution in [3.8, 4) is 17.6 Å². The maximum atomic E-state index is 12.8. The lowest BCUT2D eigenvalue weighted by Crippen LogP contribution is -2.48. The molecule has 0 bridgehead atoms. The van der Waals surface area contributed by atoms with Crippen molar-refractivity contribution < 1.29 is 18.7 Å². The molecule has 2 aromatic carbocycles. The first kappa shape index (κ1) is 22.0. The topological polar surface area (TPSA) is 91.8 Å². The normalized spacial score (nSPS) is 13.7. The molecule has 0 atom stereocenters. The monoisotopic (exact) mass is 444 g/mol. The summed E-state index contributed by atoms with van der Waals surface area (Å²) in [4.78, 5) is 20.8. The van der Waals surface area contributed by atoms with Crippen LogP contribution in [0.1, 0.15) is 27.5 Å². The molecule has 2 heterocycles. The quantitative estimate of drug-likeness (QED) is 0.572. The van der Waals surface area contributed by atoms with Gasteiger partial charge in [0.1, 0.15) is 17.6 Å². The number of rotatable bonds is 6. The number of oxazole rings is 1. The fourth-order valence-electron chi connectivity index (χ4n) is 3.60. The Bertz CT molecular complexity index is 1170. The van der Waals surface area contributed by atoms with Gasteiger partial charge in [0.2, 0.25) is 17.5 Å². The average Bonchev–Trinajstić information content (AvgIpc) is 3.31. The van der Waals surface area contributed by atoms with Gasteiger partial charge in [-0.15, -0.1) is 0 Å². The highest BCUT2D eigenvalue weighted by atomic mass is 16.5. The third-order valence-electron chi connectivity index (χ3n) is 5.46. The molecule has 1 saturated heterocycles. The molecule has 0 spiro atoms. The fraction of sp³-hybridized carbons (Fsp3) is 0.240. The molecule has 1 aliphatic rings. The van der Waals surface area contributed by atoms with Crippen LogP contribution in [0.25, 0.3) is 12.2 Å². The van der Waals surface area contributed by atoms with Crippen molar-refractivity contribution in [2.75, 3.05) is 45.3 Å². The number of amides is 1. The van der Waals surface area contributed by atoms with Gasteiger partial charge < -0.3 is 23.7 Å². The second kappa shape index (κ2) is 9.92. The van der Waals surface area contributed by atoms with Crippen LogP contribution < -0.4 is 14.4 Å². The summed E-state index contributed by atoms with van der Waals surface area (Å²) in [6.07, 6.45) is 3.59. The van der Waals surface area contributed by atoms with Gasteiger partial charge in [-0.2, -0.15) is 10.2 Å². The maximum absolute atomic E-state index is 12.8. The van der Waals surface area contributed by atoms with Crippen LogP contribution in [0.15, 0.2) is 52.9 Å². The van der Waals surface area contributed by atoms with Gasteiger partial charge in [0.15, 0.2) is 0 Å². The van der Waals surface area contributed by atoms with Crippen molar-refractivity contribution >= 4 is 23.9 Å². The van der Waals surface area contributed by atoms with Crippen molar-refractivity contribution in [3.63, 3.8) is 0 Å². The minimum absolute atomic E-state index is 0.0292. The Balaban J connectivity index is 1.41. The molecule has 1 fully saturated rings. The van der Waals surface area contributed by atoms with E-state index in [1.165, 1.54) is 0 Å². The fourth-order valence-corrected chi connectivity index (χ4v) is 3.60. The minimum atomic E-state index is -0.0292. The van der Waals surface area contributed by atoms with Gasteiger partial charge in [0, 0.05) is 37.8 Å². The third kappa shape index (κ3) is 4.99. The first-order valence-corrected chi connectivity index (χ1v) is 10.5. The van der Waals surface area contributed by atoms with Crippen LogP contribution in [0.4, 0.5) is 5.88 Å². The van der Waals surface area contributed by atoms with Crippen molar-refractivity contribution in [1.29, 1.82) is 5.26 Å². The van der Waals surface area contributed by atoms with Gasteiger partial charge in [0.25, 0.3) is 5.91 Å². The van der Waals surface area contributed by atoms with Gasteiger partial charge in [-0.25, -0.2) is 0 Å². The lowest BCUT2D eigenvalue weighted by atomic mass is 10.1. The standard InChI is InChI=1S/C25H24N4O4/c1-31-20-8-3-18(4-9-20)5-12-23-27-22(17-26)25(33-23)29-15-13-28(14-16-29)24(30)19-6-10-21(32-2)11-7-19/h3-12H,13-16H2,1-2H3/b12-5+. The molecular formula is C25H24N4O4. The molecule has 168 valence electrons. The van der Waals surface area contributed by atoms with Crippen LogP contribution >= 0.6 is 0 Å². The number of ether oxygens (including phenoxy) is 2. The molecule has 0 aliphatic carbocycles. The first-order valence-electron chi connectivity index (χ1n) is 10.5. The SMILES string of the molecule is COc1ccc(/C=C/c2nc(C#N)c(N3CCN(C(=O)c4ccc(OC)cc4)CC3)o2)cc1. The molecule has 4 rings (SSSR count). The Labute approximate surface area is 192 Å². The summed E-state index contributed by atoms with van der Waals surface area (Å²) >= 11 is 0. The first-order chi connectivity index (χ1) is 16.1. The molecule has 8 nitrogen and oxygen atoms in total. The molecule has 8 heteroatoms. The Morgan fingerprint density at radius 2 is 1.58 bits per heavy atom. The van der Waals surface area contributed by atoms with E-state index in [2.05, 4.69) is 11.1 Å². The molecule has 1 amide bonds. The third-order valence-corrected chi connectivity index (χ3v) is 5.46. The van der Waals surface area contributed by atoms with E-state index in [-0.39, 0.29) is 11.6 Å². The number of aromatic nitrogens is 1. The van der Waals surface area contributed by atoms with Crippen LogP contribution in [0, 0.1) is 11.3 Å². The van der Waals surface area contributed by atoms with Gasteiger partial charge in [-0.1, -0.05) is 12.1 Å². The van der Waals surface area contributed by atoms with Gasteiger partial charge in [0.05, 0.1) is 14.2 Å². The van der Waals surface area contributed by atoms with Crippen molar-refractivity contribution in [2.24, 2.45) is 0 Å². The smallest absolute Gasteiger partial charge is 0.253 e. The van der Waals surface area contributed by atoms with E-state index in [0.29, 0.717) is 49.3 Å². The van der Waals surface area contributed by atoms with E-state index in [1.807, 2.05) is 35.2 Å². The average molecular weight is 444 g/mol. The summed E-state index contributed by atoms with van der Waals surface area (Å²) in [6, 6.07) is 16.8.